The fraction of sp³-hybridized carbons (Fsp3) is 0.444. The first kappa shape index (κ1) is 30.9. The molecule has 9 nitrogen and oxygen atoms in total. The molecule has 0 heterocycles. The molecule has 2 aromatic carbocycles. The number of hydrogen-bond donors (Lipinski definition) is 0. The second kappa shape index (κ2) is 11.6. The number of carbonyl (C=O) groups is 3. The van der Waals surface area contributed by atoms with Crippen molar-refractivity contribution in [3.05, 3.63) is 46.7 Å². The fourth-order valence-electron chi connectivity index (χ4n) is 2.74. The van der Waals surface area contributed by atoms with Gasteiger partial charge >= 0.3 is 18.3 Å². The highest BCUT2D eigenvalue weighted by molar-refractivity contribution is 9.10. The summed E-state index contributed by atoms with van der Waals surface area (Å²) < 4.78 is 42.5. The summed E-state index contributed by atoms with van der Waals surface area (Å²) >= 11 is 3.29. The summed E-state index contributed by atoms with van der Waals surface area (Å²) in [5.41, 5.74) is -2.78. The van der Waals surface area contributed by atoms with Gasteiger partial charge in [0.25, 0.3) is 0 Å². The summed E-state index contributed by atoms with van der Waals surface area (Å²) in [6, 6.07) is 7.96. The quantitative estimate of drug-likeness (QED) is 0.197. The summed E-state index contributed by atoms with van der Waals surface area (Å²) in [6.07, 6.45) is -3.05. The van der Waals surface area contributed by atoms with E-state index in [4.69, 9.17) is 23.7 Å². The van der Waals surface area contributed by atoms with E-state index in [1.165, 1.54) is 24.3 Å². The molecule has 0 N–H and O–H groups in total. The lowest BCUT2D eigenvalue weighted by atomic mass is 10.2. The molecule has 0 atom stereocenters. The van der Waals surface area contributed by atoms with Crippen molar-refractivity contribution in [3.63, 3.8) is 0 Å². The molecule has 0 aromatic heterocycles. The Balaban J connectivity index is 2.39. The largest absolute Gasteiger partial charge is 0.514 e. The van der Waals surface area contributed by atoms with Crippen LogP contribution in [0.25, 0.3) is 0 Å². The molecule has 0 bridgehead atoms. The van der Waals surface area contributed by atoms with Crippen LogP contribution >= 0.6 is 15.9 Å². The number of nitrogens with zero attached hydrogens (tertiary/aromatic N) is 1. The normalized spacial score (nSPS) is 11.9. The summed E-state index contributed by atoms with van der Waals surface area (Å²) in [5.74, 6) is -1.19. The van der Waals surface area contributed by atoms with Crippen LogP contribution in [-0.2, 0) is 14.2 Å². The van der Waals surface area contributed by atoms with Crippen molar-refractivity contribution in [2.24, 2.45) is 0 Å². The van der Waals surface area contributed by atoms with E-state index >= 15 is 4.39 Å². The first-order valence-corrected chi connectivity index (χ1v) is 12.5. The molecule has 208 valence electrons. The predicted octanol–water partition coefficient (Wildman–Crippen LogP) is 8.37. The molecule has 0 radical (unpaired) electrons. The molecule has 0 spiro atoms. The highest BCUT2D eigenvalue weighted by Crippen LogP contribution is 2.37. The maximum absolute atomic E-state index is 15.2. The van der Waals surface area contributed by atoms with Gasteiger partial charge in [-0.15, -0.1) is 0 Å². The van der Waals surface area contributed by atoms with E-state index in [2.05, 4.69) is 15.9 Å². The highest BCUT2D eigenvalue weighted by atomic mass is 79.9. The van der Waals surface area contributed by atoms with Crippen molar-refractivity contribution >= 4 is 40.0 Å². The van der Waals surface area contributed by atoms with Crippen LogP contribution in [0, 0.1) is 5.82 Å². The van der Waals surface area contributed by atoms with Crippen LogP contribution in [-0.4, -0.2) is 35.1 Å². The van der Waals surface area contributed by atoms with E-state index in [9.17, 15) is 14.4 Å². The molecule has 11 heteroatoms. The smallest absolute Gasteiger partial charge is 0.450 e. The Bertz CT molecular complexity index is 1170. The minimum atomic E-state index is -1.04. The molecule has 38 heavy (non-hydrogen) atoms. The van der Waals surface area contributed by atoms with E-state index in [-0.39, 0.29) is 22.9 Å². The maximum Gasteiger partial charge on any atom is 0.514 e. The molecule has 2 aromatic rings. The summed E-state index contributed by atoms with van der Waals surface area (Å²) in [6.45, 7) is 14.8. The Labute approximate surface area is 230 Å². The average Bonchev–Trinajstić information content (AvgIpc) is 2.67. The Hall–Kier alpha value is -3.34. The minimum Gasteiger partial charge on any atom is -0.450 e. The molecule has 2 rings (SSSR count). The lowest BCUT2D eigenvalue weighted by molar-refractivity contribution is 0.0200. The van der Waals surface area contributed by atoms with Gasteiger partial charge in [0, 0.05) is 10.5 Å². The number of carbonyl (C=O) groups excluding carboxylic acids is 3. The molecule has 0 saturated carbocycles. The summed E-state index contributed by atoms with van der Waals surface area (Å²) in [4.78, 5) is 38.4. The first-order valence-electron chi connectivity index (χ1n) is 11.7. The molecule has 0 aliphatic heterocycles. The van der Waals surface area contributed by atoms with Gasteiger partial charge in [-0.05, 0) is 92.6 Å². The Morgan fingerprint density at radius 1 is 0.711 bits per heavy atom. The van der Waals surface area contributed by atoms with Crippen molar-refractivity contribution in [3.8, 4) is 17.2 Å². The number of hydrogen-bond acceptors (Lipinski definition) is 8. The SMILES string of the molecule is CC(C)(C)OC(=O)Oc1cc(Br)ccc1Oc1ccc(N(C(=O)OC(C)(C)C)C(=O)OC(C)(C)C)cc1F. The van der Waals surface area contributed by atoms with E-state index in [0.717, 1.165) is 6.07 Å². The van der Waals surface area contributed by atoms with Crippen LogP contribution in [0.3, 0.4) is 0 Å². The summed E-state index contributed by atoms with van der Waals surface area (Å²) in [5, 5.41) is 0. The van der Waals surface area contributed by atoms with Crippen molar-refractivity contribution in [2.75, 3.05) is 4.90 Å². The zero-order chi connectivity index (χ0) is 29.1. The third-order valence-electron chi connectivity index (χ3n) is 4.03. The van der Waals surface area contributed by atoms with Gasteiger partial charge in [-0.1, -0.05) is 15.9 Å². The zero-order valence-corrected chi connectivity index (χ0v) is 24.5. The van der Waals surface area contributed by atoms with E-state index in [1.807, 2.05) is 0 Å². The third kappa shape index (κ3) is 9.85. The van der Waals surface area contributed by atoms with Crippen LogP contribution in [0.4, 0.5) is 24.5 Å². The highest BCUT2D eigenvalue weighted by Gasteiger charge is 2.33. The van der Waals surface area contributed by atoms with E-state index in [0.29, 0.717) is 9.37 Å². The number of ether oxygens (including phenoxy) is 5. The van der Waals surface area contributed by atoms with Crippen LogP contribution in [0.2, 0.25) is 0 Å². The topological polar surface area (TPSA) is 101 Å². The lowest BCUT2D eigenvalue weighted by Crippen LogP contribution is -2.43. The summed E-state index contributed by atoms with van der Waals surface area (Å²) in [7, 11) is 0. The van der Waals surface area contributed by atoms with Gasteiger partial charge in [-0.3, -0.25) is 0 Å². The molecular weight excluding hydrogens is 565 g/mol. The molecule has 0 fully saturated rings. The first-order chi connectivity index (χ1) is 17.2. The number of amides is 2. The molecule has 2 amide bonds. The molecular formula is C27H33BrFNO8. The molecule has 0 saturated heterocycles. The van der Waals surface area contributed by atoms with Crippen LogP contribution in [0.15, 0.2) is 40.9 Å². The molecule has 0 unspecified atom stereocenters. The van der Waals surface area contributed by atoms with Crippen LogP contribution in [0.1, 0.15) is 62.3 Å². The monoisotopic (exact) mass is 597 g/mol. The maximum atomic E-state index is 15.2. The molecule has 0 aliphatic carbocycles. The number of rotatable bonds is 4. The lowest BCUT2D eigenvalue weighted by Gasteiger charge is -2.28. The third-order valence-corrected chi connectivity index (χ3v) is 4.53. The number of benzene rings is 2. The second-order valence-electron chi connectivity index (χ2n) is 11.2. The average molecular weight is 598 g/mol. The van der Waals surface area contributed by atoms with E-state index < -0.39 is 41.0 Å². The van der Waals surface area contributed by atoms with Crippen LogP contribution < -0.4 is 14.4 Å². The van der Waals surface area contributed by atoms with Crippen molar-refractivity contribution in [1.29, 1.82) is 0 Å². The number of halogens is 2. The fourth-order valence-corrected chi connectivity index (χ4v) is 3.08. The second-order valence-corrected chi connectivity index (χ2v) is 12.1. The van der Waals surface area contributed by atoms with Gasteiger partial charge in [0.2, 0.25) is 0 Å². The molecule has 0 aliphatic rings. The Kier molecular flexibility index (Phi) is 9.42. The number of imide groups is 1. The number of anilines is 1. The zero-order valence-electron chi connectivity index (χ0n) is 22.9. The van der Waals surface area contributed by atoms with Gasteiger partial charge in [0.15, 0.2) is 23.1 Å². The van der Waals surface area contributed by atoms with Gasteiger partial charge in [-0.2, -0.15) is 4.90 Å². The van der Waals surface area contributed by atoms with Gasteiger partial charge in [-0.25, -0.2) is 18.8 Å². The van der Waals surface area contributed by atoms with Gasteiger partial charge in [0.05, 0.1) is 5.69 Å². The standard InChI is InChI=1S/C27H33BrFNO8/c1-25(2,3)36-22(31)30(23(32)37-26(4,5)6)17-11-13-19(18(29)15-17)34-20-12-10-16(28)14-21(20)35-24(33)38-27(7,8)9/h10-15H,1-9H3. The van der Waals surface area contributed by atoms with Crippen molar-refractivity contribution in [1.82, 2.24) is 0 Å². The van der Waals surface area contributed by atoms with Gasteiger partial charge < -0.3 is 23.7 Å². The predicted molar refractivity (Wildman–Crippen MR) is 142 cm³/mol. The Morgan fingerprint density at radius 2 is 1.21 bits per heavy atom. The van der Waals surface area contributed by atoms with Crippen molar-refractivity contribution in [2.45, 2.75) is 79.1 Å². The van der Waals surface area contributed by atoms with Gasteiger partial charge in [0.1, 0.15) is 16.8 Å². The minimum absolute atomic E-state index is 0.0156. The van der Waals surface area contributed by atoms with E-state index in [1.54, 1.807) is 68.4 Å². The van der Waals surface area contributed by atoms with Crippen LogP contribution in [0.5, 0.6) is 17.2 Å². The Morgan fingerprint density at radius 3 is 1.68 bits per heavy atom. The van der Waals surface area contributed by atoms with Crippen molar-refractivity contribution < 1.29 is 42.5 Å².